The summed E-state index contributed by atoms with van der Waals surface area (Å²) in [6.07, 6.45) is 0. The van der Waals surface area contributed by atoms with Gasteiger partial charge in [-0.05, 0) is 22.6 Å². The van der Waals surface area contributed by atoms with Crippen LogP contribution in [0, 0.1) is 13.7 Å². The van der Waals surface area contributed by atoms with Gasteiger partial charge < -0.3 is 9.47 Å². The van der Waals surface area contributed by atoms with E-state index in [0.29, 0.717) is 3.57 Å². The molecular formula is C9H8INO5. The van der Waals surface area contributed by atoms with Crippen molar-refractivity contribution in [2.24, 2.45) is 0 Å². The molecule has 16 heavy (non-hydrogen) atoms. The van der Waals surface area contributed by atoms with Crippen molar-refractivity contribution in [1.82, 2.24) is 0 Å². The topological polar surface area (TPSA) is 78.7 Å². The van der Waals surface area contributed by atoms with E-state index in [2.05, 4.69) is 4.74 Å². The SMILES string of the molecule is COC(=O)c1cc([N+](=O)[O-])c(I)cc1OC. The van der Waals surface area contributed by atoms with Gasteiger partial charge in [0, 0.05) is 12.1 Å². The zero-order valence-electron chi connectivity index (χ0n) is 8.52. The molecule has 0 aliphatic carbocycles. The molecule has 0 fully saturated rings. The van der Waals surface area contributed by atoms with Crippen LogP contribution >= 0.6 is 22.6 Å². The molecule has 0 atom stereocenters. The van der Waals surface area contributed by atoms with E-state index >= 15 is 0 Å². The van der Waals surface area contributed by atoms with Crippen LogP contribution in [-0.2, 0) is 4.74 Å². The van der Waals surface area contributed by atoms with E-state index in [1.54, 1.807) is 22.6 Å². The fourth-order valence-electron chi connectivity index (χ4n) is 1.12. The minimum Gasteiger partial charge on any atom is -0.496 e. The van der Waals surface area contributed by atoms with Gasteiger partial charge in [0.05, 0.1) is 22.7 Å². The van der Waals surface area contributed by atoms with Crippen molar-refractivity contribution in [3.63, 3.8) is 0 Å². The Bertz CT molecular complexity index is 446. The molecule has 7 heteroatoms. The van der Waals surface area contributed by atoms with Gasteiger partial charge in [0.15, 0.2) is 0 Å². The number of nitrogens with zero attached hydrogens (tertiary/aromatic N) is 1. The van der Waals surface area contributed by atoms with Gasteiger partial charge in [-0.25, -0.2) is 4.79 Å². The Morgan fingerprint density at radius 1 is 1.44 bits per heavy atom. The number of halogens is 1. The second kappa shape index (κ2) is 5.10. The highest BCUT2D eigenvalue weighted by Gasteiger charge is 2.21. The van der Waals surface area contributed by atoms with E-state index in [4.69, 9.17) is 4.74 Å². The third-order valence-corrected chi connectivity index (χ3v) is 2.73. The molecule has 0 bridgehead atoms. The smallest absolute Gasteiger partial charge is 0.341 e. The minimum absolute atomic E-state index is 0.0390. The van der Waals surface area contributed by atoms with Gasteiger partial charge in [0.1, 0.15) is 11.3 Å². The third-order valence-electron chi connectivity index (χ3n) is 1.87. The zero-order chi connectivity index (χ0) is 12.3. The summed E-state index contributed by atoms with van der Waals surface area (Å²) in [7, 11) is 2.58. The van der Waals surface area contributed by atoms with E-state index in [0.717, 1.165) is 6.07 Å². The number of ether oxygens (including phenoxy) is 2. The third kappa shape index (κ3) is 2.40. The predicted molar refractivity (Wildman–Crippen MR) is 63.7 cm³/mol. The first-order valence-corrected chi connectivity index (χ1v) is 5.19. The lowest BCUT2D eigenvalue weighted by Gasteiger charge is -2.07. The Balaban J connectivity index is 3.40. The summed E-state index contributed by atoms with van der Waals surface area (Å²) in [6.45, 7) is 0. The molecule has 0 N–H and O–H groups in total. The van der Waals surface area contributed by atoms with E-state index in [-0.39, 0.29) is 17.0 Å². The highest BCUT2D eigenvalue weighted by Crippen LogP contribution is 2.30. The molecule has 6 nitrogen and oxygen atoms in total. The van der Waals surface area contributed by atoms with Gasteiger partial charge in [-0.3, -0.25) is 10.1 Å². The Morgan fingerprint density at radius 2 is 2.06 bits per heavy atom. The van der Waals surface area contributed by atoms with Crippen molar-refractivity contribution in [3.8, 4) is 5.75 Å². The first kappa shape index (κ1) is 12.7. The quantitative estimate of drug-likeness (QED) is 0.365. The van der Waals surface area contributed by atoms with E-state index < -0.39 is 10.9 Å². The van der Waals surface area contributed by atoms with Crippen molar-refractivity contribution < 1.29 is 19.2 Å². The largest absolute Gasteiger partial charge is 0.496 e. The van der Waals surface area contributed by atoms with E-state index in [1.807, 2.05) is 0 Å². The van der Waals surface area contributed by atoms with E-state index in [1.165, 1.54) is 20.3 Å². The number of carbonyl (C=O) groups excluding carboxylic acids is 1. The molecule has 86 valence electrons. The Morgan fingerprint density at radius 3 is 2.50 bits per heavy atom. The Labute approximate surface area is 105 Å². The molecule has 0 radical (unpaired) electrons. The summed E-state index contributed by atoms with van der Waals surface area (Å²) in [5.74, 6) is -0.418. The first-order valence-electron chi connectivity index (χ1n) is 4.11. The minimum atomic E-state index is -0.670. The number of nitro benzene ring substituents is 1. The fourth-order valence-corrected chi connectivity index (χ4v) is 1.76. The van der Waals surface area contributed by atoms with Crippen LogP contribution in [0.25, 0.3) is 0 Å². The van der Waals surface area contributed by atoms with Crippen molar-refractivity contribution in [2.45, 2.75) is 0 Å². The number of hydrogen-bond donors (Lipinski definition) is 0. The van der Waals surface area contributed by atoms with Crippen LogP contribution in [0.3, 0.4) is 0 Å². The second-order valence-corrected chi connectivity index (χ2v) is 3.91. The van der Waals surface area contributed by atoms with Gasteiger partial charge in [0.25, 0.3) is 5.69 Å². The molecule has 0 spiro atoms. The molecule has 0 unspecified atom stereocenters. The Kier molecular flexibility index (Phi) is 4.05. The maximum atomic E-state index is 11.4. The summed E-state index contributed by atoms with van der Waals surface area (Å²) in [5, 5.41) is 10.7. The number of carbonyl (C=O) groups is 1. The molecule has 0 saturated heterocycles. The second-order valence-electron chi connectivity index (χ2n) is 2.75. The van der Waals surface area contributed by atoms with Crippen molar-refractivity contribution in [1.29, 1.82) is 0 Å². The normalized spacial score (nSPS) is 9.69. The van der Waals surface area contributed by atoms with Gasteiger partial charge in [0.2, 0.25) is 0 Å². The molecule has 1 aromatic rings. The monoisotopic (exact) mass is 337 g/mol. The number of esters is 1. The van der Waals surface area contributed by atoms with Crippen LogP contribution in [0.2, 0.25) is 0 Å². The summed E-state index contributed by atoms with van der Waals surface area (Å²) in [6, 6.07) is 2.57. The van der Waals surface area contributed by atoms with Crippen LogP contribution in [0.1, 0.15) is 10.4 Å². The maximum Gasteiger partial charge on any atom is 0.341 e. The molecule has 1 rings (SSSR count). The first-order chi connectivity index (χ1) is 7.51. The fraction of sp³-hybridized carbons (Fsp3) is 0.222. The summed E-state index contributed by atoms with van der Waals surface area (Å²) >= 11 is 1.80. The highest BCUT2D eigenvalue weighted by atomic mass is 127. The van der Waals surface area contributed by atoms with Crippen LogP contribution in [-0.4, -0.2) is 25.1 Å². The number of benzene rings is 1. The van der Waals surface area contributed by atoms with Crippen LogP contribution < -0.4 is 4.74 Å². The standard InChI is InChI=1S/C9H8INO5/c1-15-8-4-6(10)7(11(13)14)3-5(8)9(12)16-2/h3-4H,1-2H3. The van der Waals surface area contributed by atoms with Gasteiger partial charge in [-0.1, -0.05) is 0 Å². The molecule has 0 aliphatic heterocycles. The summed E-state index contributed by atoms with van der Waals surface area (Å²) in [5.41, 5.74) is -0.112. The van der Waals surface area contributed by atoms with Crippen molar-refractivity contribution in [2.75, 3.05) is 14.2 Å². The lowest BCUT2D eigenvalue weighted by atomic mass is 10.2. The van der Waals surface area contributed by atoms with Crippen LogP contribution in [0.5, 0.6) is 5.75 Å². The molecule has 0 saturated carbocycles. The van der Waals surface area contributed by atoms with Gasteiger partial charge in [-0.2, -0.15) is 0 Å². The molecule has 0 heterocycles. The van der Waals surface area contributed by atoms with Gasteiger partial charge >= 0.3 is 5.97 Å². The van der Waals surface area contributed by atoms with E-state index in [9.17, 15) is 14.9 Å². The lowest BCUT2D eigenvalue weighted by molar-refractivity contribution is -0.385. The number of nitro groups is 1. The number of hydrogen-bond acceptors (Lipinski definition) is 5. The molecule has 1 aromatic carbocycles. The summed E-state index contributed by atoms with van der Waals surface area (Å²) < 4.78 is 9.86. The molecule has 0 aliphatic rings. The van der Waals surface area contributed by atoms with Gasteiger partial charge in [-0.15, -0.1) is 0 Å². The van der Waals surface area contributed by atoms with Crippen LogP contribution in [0.4, 0.5) is 5.69 Å². The van der Waals surface area contributed by atoms with Crippen molar-refractivity contribution in [3.05, 3.63) is 31.4 Å². The lowest BCUT2D eigenvalue weighted by Crippen LogP contribution is -2.06. The Hall–Kier alpha value is -1.38. The molecular weight excluding hydrogens is 329 g/mol. The molecule has 0 aromatic heterocycles. The average molecular weight is 337 g/mol. The summed E-state index contributed by atoms with van der Waals surface area (Å²) in [4.78, 5) is 21.5. The number of methoxy groups -OCH3 is 2. The van der Waals surface area contributed by atoms with Crippen LogP contribution in [0.15, 0.2) is 12.1 Å². The maximum absolute atomic E-state index is 11.4. The zero-order valence-corrected chi connectivity index (χ0v) is 10.7. The van der Waals surface area contributed by atoms with Crippen molar-refractivity contribution >= 4 is 34.2 Å². The average Bonchev–Trinajstić information content (AvgIpc) is 2.27. The predicted octanol–water partition coefficient (Wildman–Crippen LogP) is 1.99. The highest BCUT2D eigenvalue weighted by molar-refractivity contribution is 14.1. The molecule has 0 amide bonds. The number of rotatable bonds is 3.